The molecule has 2 fully saturated rings. The van der Waals surface area contributed by atoms with E-state index in [0.717, 1.165) is 18.9 Å². The number of hydrogen-bond donors (Lipinski definition) is 2. The van der Waals surface area contributed by atoms with E-state index in [-0.39, 0.29) is 5.84 Å². The van der Waals surface area contributed by atoms with Crippen molar-refractivity contribution in [1.82, 2.24) is 9.88 Å². The van der Waals surface area contributed by atoms with E-state index >= 15 is 0 Å². The molecule has 0 amide bonds. The highest BCUT2D eigenvalue weighted by Gasteiger charge is 2.33. The maximum atomic E-state index is 7.53. The average Bonchev–Trinajstić information content (AvgIpc) is 2.46. The first-order valence-corrected chi connectivity index (χ1v) is 7.47. The third-order valence-electron chi connectivity index (χ3n) is 4.49. The highest BCUT2D eigenvalue weighted by molar-refractivity contribution is 5.93. The molecule has 5 nitrogen and oxygen atoms in total. The van der Waals surface area contributed by atoms with E-state index in [2.05, 4.69) is 21.7 Å². The molecule has 0 radical (unpaired) electrons. The van der Waals surface area contributed by atoms with Crippen molar-refractivity contribution >= 4 is 11.7 Å². The molecule has 2 aliphatic heterocycles. The number of nitrogen functional groups attached to an aromatic ring is 1. The van der Waals surface area contributed by atoms with Gasteiger partial charge in [-0.1, -0.05) is 12.5 Å². The topological polar surface area (TPSA) is 69.2 Å². The van der Waals surface area contributed by atoms with Crippen molar-refractivity contribution in [3.8, 4) is 0 Å². The summed E-state index contributed by atoms with van der Waals surface area (Å²) in [5.41, 5.74) is 6.12. The summed E-state index contributed by atoms with van der Waals surface area (Å²) in [5.74, 6) is 0.992. The zero-order chi connectivity index (χ0) is 14.1. The van der Waals surface area contributed by atoms with Crippen molar-refractivity contribution in [2.45, 2.75) is 38.3 Å². The van der Waals surface area contributed by atoms with Crippen LogP contribution in [0.15, 0.2) is 18.2 Å². The molecular formula is C15H23N5. The van der Waals surface area contributed by atoms with Crippen LogP contribution in [0.4, 0.5) is 5.82 Å². The first-order valence-electron chi connectivity index (χ1n) is 7.47. The number of amidine groups is 1. The van der Waals surface area contributed by atoms with Gasteiger partial charge in [-0.2, -0.15) is 0 Å². The number of aromatic nitrogens is 1. The smallest absolute Gasteiger partial charge is 0.141 e. The fourth-order valence-electron chi connectivity index (χ4n) is 3.40. The van der Waals surface area contributed by atoms with E-state index in [1.165, 1.54) is 25.8 Å². The van der Waals surface area contributed by atoms with Crippen LogP contribution in [0.25, 0.3) is 0 Å². The second-order valence-electron chi connectivity index (χ2n) is 5.94. The SMILES string of the molecule is CC1CN2CCCCC2CN1c1cccc(C(=N)N)n1. The predicted molar refractivity (Wildman–Crippen MR) is 81.3 cm³/mol. The van der Waals surface area contributed by atoms with Gasteiger partial charge in [0.05, 0.1) is 0 Å². The van der Waals surface area contributed by atoms with Crippen LogP contribution in [0.1, 0.15) is 31.9 Å². The molecule has 0 spiro atoms. The fraction of sp³-hybridized carbons (Fsp3) is 0.600. The van der Waals surface area contributed by atoms with E-state index in [0.29, 0.717) is 17.8 Å². The molecular weight excluding hydrogens is 250 g/mol. The van der Waals surface area contributed by atoms with Gasteiger partial charge >= 0.3 is 0 Å². The average molecular weight is 273 g/mol. The van der Waals surface area contributed by atoms with Gasteiger partial charge in [0.25, 0.3) is 0 Å². The lowest BCUT2D eigenvalue weighted by Gasteiger charge is -2.48. The van der Waals surface area contributed by atoms with E-state index < -0.39 is 0 Å². The summed E-state index contributed by atoms with van der Waals surface area (Å²) in [6.07, 6.45) is 3.96. The Morgan fingerprint density at radius 1 is 1.35 bits per heavy atom. The van der Waals surface area contributed by atoms with Gasteiger partial charge in [0, 0.05) is 25.2 Å². The minimum absolute atomic E-state index is 0.0378. The second-order valence-corrected chi connectivity index (χ2v) is 5.94. The zero-order valence-electron chi connectivity index (χ0n) is 12.0. The van der Waals surface area contributed by atoms with Gasteiger partial charge in [0.1, 0.15) is 17.3 Å². The summed E-state index contributed by atoms with van der Waals surface area (Å²) in [4.78, 5) is 9.54. The fourth-order valence-corrected chi connectivity index (χ4v) is 3.40. The van der Waals surface area contributed by atoms with Crippen molar-refractivity contribution in [2.75, 3.05) is 24.5 Å². The number of rotatable bonds is 2. The van der Waals surface area contributed by atoms with Gasteiger partial charge in [0.15, 0.2) is 0 Å². The molecule has 5 heteroatoms. The van der Waals surface area contributed by atoms with Crippen LogP contribution in [-0.2, 0) is 0 Å². The number of hydrogen-bond acceptors (Lipinski definition) is 4. The molecule has 0 bridgehead atoms. The number of pyridine rings is 1. The highest BCUT2D eigenvalue weighted by atomic mass is 15.3. The van der Waals surface area contributed by atoms with Gasteiger partial charge in [-0.3, -0.25) is 10.3 Å². The minimum Gasteiger partial charge on any atom is -0.382 e. The largest absolute Gasteiger partial charge is 0.382 e. The Hall–Kier alpha value is -1.62. The Kier molecular flexibility index (Phi) is 3.61. The van der Waals surface area contributed by atoms with Gasteiger partial charge in [0.2, 0.25) is 0 Å². The van der Waals surface area contributed by atoms with Crippen molar-refractivity contribution in [2.24, 2.45) is 5.73 Å². The Labute approximate surface area is 120 Å². The third-order valence-corrected chi connectivity index (χ3v) is 4.49. The van der Waals surface area contributed by atoms with E-state index in [1.807, 2.05) is 12.1 Å². The lowest BCUT2D eigenvalue weighted by Crippen LogP contribution is -2.59. The van der Waals surface area contributed by atoms with Crippen molar-refractivity contribution in [3.63, 3.8) is 0 Å². The molecule has 2 atom stereocenters. The minimum atomic E-state index is 0.0378. The quantitative estimate of drug-likeness (QED) is 0.632. The summed E-state index contributed by atoms with van der Waals surface area (Å²) >= 11 is 0. The van der Waals surface area contributed by atoms with Crippen molar-refractivity contribution in [1.29, 1.82) is 5.41 Å². The van der Waals surface area contributed by atoms with E-state index in [1.54, 1.807) is 6.07 Å². The van der Waals surface area contributed by atoms with Crippen LogP contribution in [-0.4, -0.2) is 47.4 Å². The molecule has 1 aromatic heterocycles. The number of piperazine rings is 1. The van der Waals surface area contributed by atoms with E-state index in [4.69, 9.17) is 11.1 Å². The van der Waals surface area contributed by atoms with Crippen LogP contribution in [0, 0.1) is 5.41 Å². The Balaban J connectivity index is 1.82. The molecule has 0 aromatic carbocycles. The van der Waals surface area contributed by atoms with Crippen LogP contribution in [0.2, 0.25) is 0 Å². The number of fused-ring (bicyclic) bond motifs is 1. The molecule has 2 aliphatic rings. The number of nitrogens with zero attached hydrogens (tertiary/aromatic N) is 3. The predicted octanol–water partition coefficient (Wildman–Crippen LogP) is 1.43. The lowest BCUT2D eigenvalue weighted by molar-refractivity contribution is 0.115. The number of piperidine rings is 1. The molecule has 0 aliphatic carbocycles. The maximum absolute atomic E-state index is 7.53. The van der Waals surface area contributed by atoms with Crippen molar-refractivity contribution < 1.29 is 0 Å². The molecule has 3 N–H and O–H groups in total. The van der Waals surface area contributed by atoms with Crippen LogP contribution in [0.5, 0.6) is 0 Å². The molecule has 108 valence electrons. The zero-order valence-corrected chi connectivity index (χ0v) is 12.0. The molecule has 2 unspecified atom stereocenters. The van der Waals surface area contributed by atoms with Crippen LogP contribution < -0.4 is 10.6 Å². The molecule has 1 aromatic rings. The molecule has 2 saturated heterocycles. The Morgan fingerprint density at radius 3 is 3.00 bits per heavy atom. The second kappa shape index (κ2) is 5.40. The van der Waals surface area contributed by atoms with Gasteiger partial charge in [-0.15, -0.1) is 0 Å². The molecule has 3 heterocycles. The number of nitrogens with two attached hydrogens (primary N) is 1. The third kappa shape index (κ3) is 2.50. The lowest BCUT2D eigenvalue weighted by atomic mass is 9.97. The van der Waals surface area contributed by atoms with Gasteiger partial charge in [-0.05, 0) is 38.4 Å². The normalized spacial score (nSPS) is 27.1. The number of anilines is 1. The van der Waals surface area contributed by atoms with Crippen molar-refractivity contribution in [3.05, 3.63) is 23.9 Å². The Morgan fingerprint density at radius 2 is 2.20 bits per heavy atom. The monoisotopic (exact) mass is 273 g/mol. The Bertz CT molecular complexity index is 501. The summed E-state index contributed by atoms with van der Waals surface area (Å²) in [7, 11) is 0. The summed E-state index contributed by atoms with van der Waals surface area (Å²) < 4.78 is 0. The first-order chi connectivity index (χ1) is 9.65. The summed E-state index contributed by atoms with van der Waals surface area (Å²) in [6, 6.07) is 6.88. The van der Waals surface area contributed by atoms with Crippen LogP contribution in [0.3, 0.4) is 0 Å². The van der Waals surface area contributed by atoms with Crippen LogP contribution >= 0.6 is 0 Å². The summed E-state index contributed by atoms with van der Waals surface area (Å²) in [5, 5.41) is 7.53. The molecule has 20 heavy (non-hydrogen) atoms. The first kappa shape index (κ1) is 13.4. The van der Waals surface area contributed by atoms with Gasteiger partial charge in [-0.25, -0.2) is 4.98 Å². The molecule has 3 rings (SSSR count). The summed E-state index contributed by atoms with van der Waals surface area (Å²) in [6.45, 7) is 5.64. The van der Waals surface area contributed by atoms with E-state index in [9.17, 15) is 0 Å². The standard InChI is InChI=1S/C15H23N5/c1-11-9-19-8-3-2-5-12(19)10-20(11)14-7-4-6-13(18-14)15(16)17/h4,6-7,11-12H,2-3,5,8-10H2,1H3,(H3,16,17). The maximum Gasteiger partial charge on any atom is 0.141 e. The highest BCUT2D eigenvalue weighted by Crippen LogP contribution is 2.27. The molecule has 0 saturated carbocycles. The van der Waals surface area contributed by atoms with Gasteiger partial charge < -0.3 is 10.6 Å². The number of nitrogens with one attached hydrogen (secondary N) is 1.